The van der Waals surface area contributed by atoms with Gasteiger partial charge in [0.05, 0.1) is 0 Å². The summed E-state index contributed by atoms with van der Waals surface area (Å²) in [6.07, 6.45) is 5.50. The molecule has 0 heterocycles. The summed E-state index contributed by atoms with van der Waals surface area (Å²) in [4.78, 5) is 11.4. The number of hydrogen-bond acceptors (Lipinski definition) is 3. The predicted molar refractivity (Wildman–Crippen MR) is 86.8 cm³/mol. The molecule has 0 spiro atoms. The van der Waals surface area contributed by atoms with Gasteiger partial charge in [0, 0.05) is 12.8 Å². The lowest BCUT2D eigenvalue weighted by Gasteiger charge is -2.35. The standard InChI is InChI=1S/C17H26O3Si/c1-14(18)19-17(15-10-6-4-7-11-15)20-21(2,3)16-12-8-5-9-13-16/h5,8-9,12-13,15,17H,4,6-7,10-11H2,1-3H3. The Bertz CT molecular complexity index is 452. The van der Waals surface area contributed by atoms with Gasteiger partial charge in [-0.15, -0.1) is 0 Å². The molecule has 1 aliphatic rings. The van der Waals surface area contributed by atoms with Gasteiger partial charge in [0.2, 0.25) is 8.32 Å². The third-order valence-corrected chi connectivity index (χ3v) is 6.74. The van der Waals surface area contributed by atoms with Gasteiger partial charge in [-0.1, -0.05) is 49.6 Å². The van der Waals surface area contributed by atoms with Crippen LogP contribution in [-0.2, 0) is 14.0 Å². The van der Waals surface area contributed by atoms with Gasteiger partial charge in [-0.3, -0.25) is 4.79 Å². The summed E-state index contributed by atoms with van der Waals surface area (Å²) in [5.74, 6) is 0.0987. The van der Waals surface area contributed by atoms with Gasteiger partial charge in [0.15, 0.2) is 6.29 Å². The molecule has 1 aromatic rings. The molecule has 4 heteroatoms. The van der Waals surface area contributed by atoms with Crippen molar-refractivity contribution in [1.29, 1.82) is 0 Å². The van der Waals surface area contributed by atoms with Crippen LogP contribution in [0.1, 0.15) is 39.0 Å². The van der Waals surface area contributed by atoms with Crippen molar-refractivity contribution < 1.29 is 14.0 Å². The Balaban J connectivity index is 2.11. The maximum Gasteiger partial charge on any atom is 0.304 e. The molecule has 0 radical (unpaired) electrons. The van der Waals surface area contributed by atoms with Crippen molar-refractivity contribution in [1.82, 2.24) is 0 Å². The van der Waals surface area contributed by atoms with Gasteiger partial charge in [0.25, 0.3) is 0 Å². The molecule has 0 bridgehead atoms. The van der Waals surface area contributed by atoms with E-state index < -0.39 is 8.32 Å². The van der Waals surface area contributed by atoms with Crippen LogP contribution >= 0.6 is 0 Å². The largest absolute Gasteiger partial charge is 0.437 e. The maximum absolute atomic E-state index is 11.4. The molecule has 1 saturated carbocycles. The van der Waals surface area contributed by atoms with Crippen LogP contribution in [-0.4, -0.2) is 20.6 Å². The molecule has 0 aromatic heterocycles. The summed E-state index contributed by atoms with van der Waals surface area (Å²) in [6.45, 7) is 5.81. The Morgan fingerprint density at radius 1 is 1.14 bits per heavy atom. The molecule has 3 nitrogen and oxygen atoms in total. The highest BCUT2D eigenvalue weighted by Crippen LogP contribution is 2.30. The Labute approximate surface area is 128 Å². The molecule has 1 unspecified atom stereocenters. The molecule has 0 saturated heterocycles. The number of esters is 1. The van der Waals surface area contributed by atoms with E-state index >= 15 is 0 Å². The van der Waals surface area contributed by atoms with Crippen molar-refractivity contribution in [2.24, 2.45) is 5.92 Å². The molecule has 1 aliphatic carbocycles. The van der Waals surface area contributed by atoms with Crippen molar-refractivity contribution in [3.05, 3.63) is 30.3 Å². The average molecular weight is 306 g/mol. The predicted octanol–water partition coefficient (Wildman–Crippen LogP) is 3.58. The molecule has 1 atom stereocenters. The zero-order valence-corrected chi connectivity index (χ0v) is 14.3. The number of hydrogen-bond donors (Lipinski definition) is 0. The molecule has 1 aromatic carbocycles. The van der Waals surface area contributed by atoms with E-state index in [9.17, 15) is 4.79 Å². The molecular weight excluding hydrogens is 280 g/mol. The van der Waals surface area contributed by atoms with Crippen molar-refractivity contribution in [2.45, 2.75) is 58.4 Å². The lowest BCUT2D eigenvalue weighted by atomic mass is 9.89. The van der Waals surface area contributed by atoms with Crippen molar-refractivity contribution in [3.63, 3.8) is 0 Å². The fourth-order valence-corrected chi connectivity index (χ4v) is 4.94. The quantitative estimate of drug-likeness (QED) is 0.474. The SMILES string of the molecule is CC(=O)OC(O[Si](C)(C)c1ccccc1)C1CCCCC1. The van der Waals surface area contributed by atoms with E-state index in [1.54, 1.807) is 0 Å². The first kappa shape index (κ1) is 16.2. The van der Waals surface area contributed by atoms with Crippen LogP contribution in [0.15, 0.2) is 30.3 Å². The number of benzene rings is 1. The van der Waals surface area contributed by atoms with E-state index in [-0.39, 0.29) is 12.3 Å². The molecule has 2 rings (SSSR count). The van der Waals surface area contributed by atoms with E-state index in [1.807, 2.05) is 18.2 Å². The summed E-state index contributed by atoms with van der Waals surface area (Å²) in [7, 11) is -2.07. The van der Waals surface area contributed by atoms with E-state index in [0.29, 0.717) is 5.92 Å². The highest BCUT2D eigenvalue weighted by Gasteiger charge is 2.35. The molecule has 0 aliphatic heterocycles. The van der Waals surface area contributed by atoms with Crippen LogP contribution in [0.3, 0.4) is 0 Å². The third kappa shape index (κ3) is 4.68. The molecular formula is C17H26O3Si. The zero-order valence-electron chi connectivity index (χ0n) is 13.3. The van der Waals surface area contributed by atoms with Crippen LogP contribution in [0, 0.1) is 5.92 Å². The number of rotatable bonds is 5. The minimum atomic E-state index is -2.07. The molecule has 1 fully saturated rings. The Morgan fingerprint density at radius 3 is 2.33 bits per heavy atom. The van der Waals surface area contributed by atoms with Crippen LogP contribution in [0.4, 0.5) is 0 Å². The fourth-order valence-electron chi connectivity index (χ4n) is 2.98. The smallest absolute Gasteiger partial charge is 0.304 e. The second-order valence-electron chi connectivity index (χ2n) is 6.37. The average Bonchev–Trinajstić information content (AvgIpc) is 2.48. The number of ether oxygens (including phenoxy) is 1. The number of carbonyl (C=O) groups is 1. The van der Waals surface area contributed by atoms with Crippen LogP contribution < -0.4 is 5.19 Å². The summed E-state index contributed by atoms with van der Waals surface area (Å²) in [5, 5.41) is 1.23. The second kappa shape index (κ2) is 7.23. The molecule has 116 valence electrons. The topological polar surface area (TPSA) is 35.5 Å². The van der Waals surface area contributed by atoms with E-state index in [1.165, 1.54) is 31.4 Å². The van der Waals surface area contributed by atoms with Crippen LogP contribution in [0.2, 0.25) is 13.1 Å². The fraction of sp³-hybridized carbons (Fsp3) is 0.588. The molecule has 0 amide bonds. The monoisotopic (exact) mass is 306 g/mol. The minimum absolute atomic E-state index is 0.247. The van der Waals surface area contributed by atoms with E-state index in [0.717, 1.165) is 12.8 Å². The summed E-state index contributed by atoms with van der Waals surface area (Å²) in [6, 6.07) is 10.3. The summed E-state index contributed by atoms with van der Waals surface area (Å²) < 4.78 is 11.9. The van der Waals surface area contributed by atoms with Gasteiger partial charge >= 0.3 is 5.97 Å². The lowest BCUT2D eigenvalue weighted by molar-refractivity contribution is -0.172. The minimum Gasteiger partial charge on any atom is -0.437 e. The van der Waals surface area contributed by atoms with Crippen LogP contribution in [0.5, 0.6) is 0 Å². The highest BCUT2D eigenvalue weighted by molar-refractivity contribution is 6.84. The second-order valence-corrected chi connectivity index (χ2v) is 10.2. The summed E-state index contributed by atoms with van der Waals surface area (Å²) >= 11 is 0. The van der Waals surface area contributed by atoms with Gasteiger partial charge in [-0.25, -0.2) is 0 Å². The Hall–Kier alpha value is -1.13. The van der Waals surface area contributed by atoms with Crippen molar-refractivity contribution in [3.8, 4) is 0 Å². The van der Waals surface area contributed by atoms with Crippen molar-refractivity contribution in [2.75, 3.05) is 0 Å². The lowest BCUT2D eigenvalue weighted by Crippen LogP contribution is -2.50. The van der Waals surface area contributed by atoms with Crippen LogP contribution in [0.25, 0.3) is 0 Å². The number of carbonyl (C=O) groups excluding carboxylic acids is 1. The first-order valence-corrected chi connectivity index (χ1v) is 10.8. The Morgan fingerprint density at radius 2 is 1.76 bits per heavy atom. The third-order valence-electron chi connectivity index (χ3n) is 4.20. The Kier molecular flexibility index (Phi) is 5.59. The van der Waals surface area contributed by atoms with Gasteiger partial charge in [-0.05, 0) is 31.1 Å². The first-order valence-electron chi connectivity index (χ1n) is 7.89. The van der Waals surface area contributed by atoms with Gasteiger partial charge in [-0.2, -0.15) is 0 Å². The normalized spacial score (nSPS) is 18.2. The van der Waals surface area contributed by atoms with Gasteiger partial charge in [0.1, 0.15) is 0 Å². The highest BCUT2D eigenvalue weighted by atomic mass is 28.4. The van der Waals surface area contributed by atoms with Crippen molar-refractivity contribution >= 4 is 19.5 Å². The van der Waals surface area contributed by atoms with Gasteiger partial charge < -0.3 is 9.16 Å². The molecule has 21 heavy (non-hydrogen) atoms. The summed E-state index contributed by atoms with van der Waals surface area (Å²) in [5.41, 5.74) is 0. The maximum atomic E-state index is 11.4. The molecule has 0 N–H and O–H groups in total. The first-order chi connectivity index (χ1) is 9.99. The zero-order chi connectivity index (χ0) is 15.3. The van der Waals surface area contributed by atoms with E-state index in [4.69, 9.17) is 9.16 Å². The van der Waals surface area contributed by atoms with E-state index in [2.05, 4.69) is 25.2 Å².